The number of carboxylic acids is 1. The molecule has 7 nitrogen and oxygen atoms in total. The molecule has 0 saturated heterocycles. The average Bonchev–Trinajstić information content (AvgIpc) is 3.21. The summed E-state index contributed by atoms with van der Waals surface area (Å²) in [5.74, 6) is -2.28. The maximum atomic E-state index is 13.5. The van der Waals surface area contributed by atoms with Gasteiger partial charge >= 0.3 is 18.3 Å². The van der Waals surface area contributed by atoms with Crippen molar-refractivity contribution in [1.29, 1.82) is 0 Å². The lowest BCUT2D eigenvalue weighted by Crippen LogP contribution is -2.06. The van der Waals surface area contributed by atoms with E-state index in [1.54, 1.807) is 6.07 Å². The van der Waals surface area contributed by atoms with Crippen molar-refractivity contribution < 1.29 is 46.5 Å². The Kier molecular flexibility index (Phi) is 6.89. The van der Waals surface area contributed by atoms with E-state index in [-0.39, 0.29) is 39.1 Å². The van der Waals surface area contributed by atoms with E-state index in [9.17, 15) is 46.5 Å². The van der Waals surface area contributed by atoms with Gasteiger partial charge in [0.2, 0.25) is 5.88 Å². The number of phenolic OH excluding ortho intramolecular Hbond substituents is 1. The molecule has 0 aliphatic heterocycles. The van der Waals surface area contributed by atoms with Crippen LogP contribution in [0.5, 0.6) is 11.6 Å². The first-order valence-electron chi connectivity index (χ1n) is 12.0. The number of nitrogens with zero attached hydrogens (tertiary/aromatic N) is 3. The summed E-state index contributed by atoms with van der Waals surface area (Å²) >= 11 is 0. The summed E-state index contributed by atoms with van der Waals surface area (Å²) in [6, 6.07) is 16.0. The molecule has 0 aliphatic carbocycles. The number of carboxylic acid groups (broad SMARTS) is 1. The lowest BCUT2D eigenvalue weighted by atomic mass is 10.0. The van der Waals surface area contributed by atoms with Crippen LogP contribution >= 0.6 is 0 Å². The van der Waals surface area contributed by atoms with Crippen molar-refractivity contribution in [2.24, 2.45) is 10.2 Å². The van der Waals surface area contributed by atoms with E-state index in [4.69, 9.17) is 0 Å². The third-order valence-corrected chi connectivity index (χ3v) is 6.39. The summed E-state index contributed by atoms with van der Waals surface area (Å²) in [6.07, 6.45) is -9.42. The summed E-state index contributed by atoms with van der Waals surface area (Å²) < 4.78 is 80.6. The van der Waals surface area contributed by atoms with Gasteiger partial charge in [-0.3, -0.25) is 4.57 Å². The number of azo groups is 1. The molecule has 0 unspecified atom stereocenters. The predicted octanol–water partition coefficient (Wildman–Crippen LogP) is 8.86. The zero-order valence-corrected chi connectivity index (χ0v) is 20.9. The fourth-order valence-electron chi connectivity index (χ4n) is 4.36. The molecule has 0 amide bonds. The number of carbonyl (C=O) groups is 1. The number of aromatic hydroxyl groups is 2. The van der Waals surface area contributed by atoms with Gasteiger partial charge in [-0.05, 0) is 66.2 Å². The highest BCUT2D eigenvalue weighted by atomic mass is 19.4. The first kappa shape index (κ1) is 28.2. The number of aromatic carboxylic acids is 1. The highest BCUT2D eigenvalue weighted by Crippen LogP contribution is 2.45. The van der Waals surface area contributed by atoms with Gasteiger partial charge < -0.3 is 15.3 Å². The Bertz CT molecular complexity index is 1860. The number of hydrogen-bond donors (Lipinski definition) is 3. The monoisotopic (exact) mass is 585 g/mol. The molecule has 0 aliphatic rings. The van der Waals surface area contributed by atoms with Crippen molar-refractivity contribution in [3.8, 4) is 28.4 Å². The van der Waals surface area contributed by atoms with Gasteiger partial charge in [-0.2, -0.15) is 26.3 Å². The van der Waals surface area contributed by atoms with Gasteiger partial charge in [0.25, 0.3) is 0 Å². The van der Waals surface area contributed by atoms with Crippen LogP contribution in [0.3, 0.4) is 0 Å². The Morgan fingerprint density at radius 2 is 1.38 bits per heavy atom. The van der Waals surface area contributed by atoms with Crippen LogP contribution in [0.2, 0.25) is 0 Å². The Morgan fingerprint density at radius 3 is 2.02 bits per heavy atom. The van der Waals surface area contributed by atoms with Crippen LogP contribution in [0.15, 0.2) is 95.2 Å². The van der Waals surface area contributed by atoms with E-state index in [0.29, 0.717) is 5.56 Å². The second-order valence-electron chi connectivity index (χ2n) is 9.04. The number of para-hydroxylation sites is 1. The number of benzene rings is 4. The quantitative estimate of drug-likeness (QED) is 0.141. The summed E-state index contributed by atoms with van der Waals surface area (Å²) in [6.45, 7) is 0. The number of halogens is 6. The predicted molar refractivity (Wildman–Crippen MR) is 140 cm³/mol. The highest BCUT2D eigenvalue weighted by molar-refractivity contribution is 5.97. The van der Waals surface area contributed by atoms with E-state index < -0.39 is 41.1 Å². The number of aromatic nitrogens is 1. The van der Waals surface area contributed by atoms with Crippen LogP contribution in [0, 0.1) is 0 Å². The van der Waals surface area contributed by atoms with Crippen LogP contribution in [0.1, 0.15) is 21.5 Å². The molecule has 4 aromatic carbocycles. The van der Waals surface area contributed by atoms with Crippen molar-refractivity contribution in [2.45, 2.75) is 12.4 Å². The molecule has 5 aromatic rings. The van der Waals surface area contributed by atoms with Crippen molar-refractivity contribution in [3.05, 3.63) is 102 Å². The summed E-state index contributed by atoms with van der Waals surface area (Å²) in [4.78, 5) is 11.3. The maximum Gasteiger partial charge on any atom is 0.416 e. The molecular weight excluding hydrogens is 568 g/mol. The molecule has 0 radical (unpaired) electrons. The van der Waals surface area contributed by atoms with Gasteiger partial charge in [0, 0.05) is 16.6 Å². The highest BCUT2D eigenvalue weighted by Gasteiger charge is 2.33. The summed E-state index contributed by atoms with van der Waals surface area (Å²) in [7, 11) is 0. The second-order valence-corrected chi connectivity index (χ2v) is 9.04. The van der Waals surface area contributed by atoms with Crippen LogP contribution in [0.25, 0.3) is 27.7 Å². The minimum absolute atomic E-state index is 0.00560. The fourth-order valence-corrected chi connectivity index (χ4v) is 4.36. The SMILES string of the molecule is O=C(O)c1cccc(-c2cccc(N=Nc3c(O)n(-c4ccc(C(F)(F)F)cc4)c4cc(C(F)(F)F)ccc34)c2O)c1. The van der Waals surface area contributed by atoms with Crippen molar-refractivity contribution in [1.82, 2.24) is 4.57 Å². The normalized spacial score (nSPS) is 12.3. The topological polar surface area (TPSA) is 107 Å². The molecule has 3 N–H and O–H groups in total. The molecule has 1 heterocycles. The second kappa shape index (κ2) is 10.3. The Hall–Kier alpha value is -5.33. The Morgan fingerprint density at radius 1 is 0.738 bits per heavy atom. The smallest absolute Gasteiger partial charge is 0.416 e. The average molecular weight is 585 g/mol. The van der Waals surface area contributed by atoms with Gasteiger partial charge in [-0.1, -0.05) is 24.3 Å². The first-order chi connectivity index (χ1) is 19.8. The molecule has 0 spiro atoms. The molecule has 0 bridgehead atoms. The van der Waals surface area contributed by atoms with Crippen LogP contribution < -0.4 is 0 Å². The van der Waals surface area contributed by atoms with Crippen molar-refractivity contribution in [3.63, 3.8) is 0 Å². The molecular formula is C29H17F6N3O4. The van der Waals surface area contributed by atoms with Crippen LogP contribution in [-0.4, -0.2) is 25.9 Å². The molecule has 13 heteroatoms. The van der Waals surface area contributed by atoms with Gasteiger partial charge in [0.05, 0.1) is 22.2 Å². The molecule has 0 fully saturated rings. The standard InChI is InChI=1S/C29H17F6N3O4/c30-28(31,32)17-7-10-19(11-8-17)38-23-14-18(29(33,34)35)9-12-21(23)24(26(38)40)37-36-22-6-2-5-20(25(22)39)15-3-1-4-16(13-15)27(41)42/h1-14,39-40H,(H,41,42). The van der Waals surface area contributed by atoms with E-state index in [1.807, 2.05) is 0 Å². The van der Waals surface area contributed by atoms with Gasteiger partial charge in [-0.25, -0.2) is 4.79 Å². The van der Waals surface area contributed by atoms with E-state index in [2.05, 4.69) is 10.2 Å². The third kappa shape index (κ3) is 5.23. The maximum absolute atomic E-state index is 13.5. The van der Waals surface area contributed by atoms with Gasteiger partial charge in [-0.15, -0.1) is 10.2 Å². The third-order valence-electron chi connectivity index (χ3n) is 6.39. The molecule has 1 aromatic heterocycles. The van der Waals surface area contributed by atoms with Crippen LogP contribution in [-0.2, 0) is 12.4 Å². The number of phenols is 1. The minimum Gasteiger partial charge on any atom is -0.505 e. The summed E-state index contributed by atoms with van der Waals surface area (Å²) in [5, 5.41) is 39.1. The molecule has 0 saturated carbocycles. The zero-order valence-electron chi connectivity index (χ0n) is 20.9. The summed E-state index contributed by atoms with van der Waals surface area (Å²) in [5.41, 5.74) is -2.24. The van der Waals surface area contributed by atoms with E-state index >= 15 is 0 Å². The number of fused-ring (bicyclic) bond motifs is 1. The minimum atomic E-state index is -4.76. The lowest BCUT2D eigenvalue weighted by Gasteiger charge is -2.11. The Balaban J connectivity index is 1.64. The molecule has 214 valence electrons. The number of alkyl halides is 6. The van der Waals surface area contributed by atoms with E-state index in [1.165, 1.54) is 36.4 Å². The largest absolute Gasteiger partial charge is 0.505 e. The lowest BCUT2D eigenvalue weighted by molar-refractivity contribution is -0.138. The molecule has 42 heavy (non-hydrogen) atoms. The number of hydrogen-bond acceptors (Lipinski definition) is 5. The van der Waals surface area contributed by atoms with Crippen molar-refractivity contribution >= 4 is 28.2 Å². The van der Waals surface area contributed by atoms with E-state index in [0.717, 1.165) is 47.0 Å². The fraction of sp³-hybridized carbons (Fsp3) is 0.0690. The first-order valence-corrected chi connectivity index (χ1v) is 12.0. The Labute approximate surface area is 232 Å². The van der Waals surface area contributed by atoms with Gasteiger partial charge in [0.1, 0.15) is 5.69 Å². The molecule has 0 atom stereocenters. The number of rotatable bonds is 5. The van der Waals surface area contributed by atoms with Gasteiger partial charge in [0.15, 0.2) is 11.4 Å². The van der Waals surface area contributed by atoms with Crippen molar-refractivity contribution in [2.75, 3.05) is 0 Å². The zero-order chi connectivity index (χ0) is 30.4. The molecule has 5 rings (SSSR count). The van der Waals surface area contributed by atoms with Crippen LogP contribution in [0.4, 0.5) is 37.7 Å².